The Kier molecular flexibility index (Phi) is 3.75. The Morgan fingerprint density at radius 2 is 2.00 bits per heavy atom. The summed E-state index contributed by atoms with van der Waals surface area (Å²) in [5.74, 6) is 0. The minimum atomic E-state index is -0.976. The SMILES string of the molecule is OCCc1cnc(C(O)CO)cn1. The molecule has 1 aromatic heterocycles. The number of nitrogens with zero attached hydrogens (tertiary/aromatic N) is 2. The lowest BCUT2D eigenvalue weighted by Gasteiger charge is -2.05. The van der Waals surface area contributed by atoms with Gasteiger partial charge >= 0.3 is 0 Å². The molecule has 0 aliphatic heterocycles. The summed E-state index contributed by atoms with van der Waals surface area (Å²) in [5.41, 5.74) is 1.00. The van der Waals surface area contributed by atoms with Gasteiger partial charge in [-0.1, -0.05) is 0 Å². The summed E-state index contributed by atoms with van der Waals surface area (Å²) in [4.78, 5) is 7.83. The molecule has 0 saturated carbocycles. The Labute approximate surface area is 75.7 Å². The van der Waals surface area contributed by atoms with Crippen LogP contribution in [0.1, 0.15) is 17.5 Å². The largest absolute Gasteiger partial charge is 0.396 e. The summed E-state index contributed by atoms with van der Waals surface area (Å²) in [6.07, 6.45) is 2.34. The van der Waals surface area contributed by atoms with Crippen LogP contribution in [0.4, 0.5) is 0 Å². The molecule has 3 N–H and O–H groups in total. The fourth-order valence-electron chi connectivity index (χ4n) is 0.874. The van der Waals surface area contributed by atoms with Crippen molar-refractivity contribution in [2.75, 3.05) is 13.2 Å². The van der Waals surface area contributed by atoms with Crippen molar-refractivity contribution in [3.63, 3.8) is 0 Å². The maximum Gasteiger partial charge on any atom is 0.120 e. The molecule has 72 valence electrons. The van der Waals surface area contributed by atoms with E-state index in [1.54, 1.807) is 0 Å². The molecule has 5 nitrogen and oxygen atoms in total. The van der Waals surface area contributed by atoms with Gasteiger partial charge in [0.15, 0.2) is 0 Å². The molecule has 1 aromatic rings. The second kappa shape index (κ2) is 4.86. The van der Waals surface area contributed by atoms with Gasteiger partial charge in [-0.25, -0.2) is 0 Å². The normalized spacial score (nSPS) is 12.8. The lowest BCUT2D eigenvalue weighted by molar-refractivity contribution is 0.0919. The first-order chi connectivity index (χ1) is 6.27. The van der Waals surface area contributed by atoms with Crippen molar-refractivity contribution in [2.45, 2.75) is 12.5 Å². The zero-order chi connectivity index (χ0) is 9.68. The predicted molar refractivity (Wildman–Crippen MR) is 44.9 cm³/mol. The van der Waals surface area contributed by atoms with Gasteiger partial charge < -0.3 is 15.3 Å². The van der Waals surface area contributed by atoms with Crippen LogP contribution in [0.15, 0.2) is 12.4 Å². The molecule has 1 rings (SSSR count). The van der Waals surface area contributed by atoms with Gasteiger partial charge in [0.1, 0.15) is 6.10 Å². The molecule has 0 saturated heterocycles. The van der Waals surface area contributed by atoms with E-state index in [-0.39, 0.29) is 13.2 Å². The summed E-state index contributed by atoms with van der Waals surface area (Å²) >= 11 is 0. The van der Waals surface area contributed by atoms with Crippen LogP contribution in [-0.4, -0.2) is 38.5 Å². The molecule has 0 amide bonds. The molecule has 0 fully saturated rings. The number of aliphatic hydroxyl groups excluding tert-OH is 3. The van der Waals surface area contributed by atoms with Gasteiger partial charge in [0, 0.05) is 19.2 Å². The summed E-state index contributed by atoms with van der Waals surface area (Å²) < 4.78 is 0. The zero-order valence-electron chi connectivity index (χ0n) is 7.09. The fraction of sp³-hybridized carbons (Fsp3) is 0.500. The highest BCUT2D eigenvalue weighted by atomic mass is 16.3. The number of rotatable bonds is 4. The first-order valence-corrected chi connectivity index (χ1v) is 3.98. The Bertz CT molecular complexity index is 250. The molecule has 1 heterocycles. The maximum absolute atomic E-state index is 9.15. The van der Waals surface area contributed by atoms with E-state index in [4.69, 9.17) is 15.3 Å². The van der Waals surface area contributed by atoms with E-state index in [2.05, 4.69) is 9.97 Å². The molecular formula is C8H12N2O3. The molecule has 0 aromatic carbocycles. The molecule has 0 bridgehead atoms. The van der Waals surface area contributed by atoms with Crippen molar-refractivity contribution in [3.8, 4) is 0 Å². The van der Waals surface area contributed by atoms with Crippen molar-refractivity contribution in [1.29, 1.82) is 0 Å². The average Bonchev–Trinajstić information content (AvgIpc) is 2.18. The number of aliphatic hydroxyl groups is 3. The molecule has 0 aliphatic rings. The van der Waals surface area contributed by atoms with E-state index < -0.39 is 6.10 Å². The lowest BCUT2D eigenvalue weighted by Crippen LogP contribution is -2.06. The minimum absolute atomic E-state index is 0.0244. The van der Waals surface area contributed by atoms with Crippen LogP contribution in [0.5, 0.6) is 0 Å². The summed E-state index contributed by atoms with van der Waals surface area (Å²) in [5, 5.41) is 26.3. The summed E-state index contributed by atoms with van der Waals surface area (Å²) in [6, 6.07) is 0. The highest BCUT2D eigenvalue weighted by Crippen LogP contribution is 2.06. The highest BCUT2D eigenvalue weighted by molar-refractivity contribution is 5.05. The Morgan fingerprint density at radius 3 is 2.46 bits per heavy atom. The molecule has 13 heavy (non-hydrogen) atoms. The van der Waals surface area contributed by atoms with Crippen LogP contribution in [0.3, 0.4) is 0 Å². The van der Waals surface area contributed by atoms with Gasteiger partial charge in [0.05, 0.1) is 24.2 Å². The maximum atomic E-state index is 9.15. The molecule has 0 radical (unpaired) electrons. The van der Waals surface area contributed by atoms with Gasteiger partial charge in [0.25, 0.3) is 0 Å². The van der Waals surface area contributed by atoms with Gasteiger partial charge in [-0.15, -0.1) is 0 Å². The second-order valence-electron chi connectivity index (χ2n) is 2.60. The van der Waals surface area contributed by atoms with Crippen molar-refractivity contribution < 1.29 is 15.3 Å². The number of hydrogen-bond acceptors (Lipinski definition) is 5. The van der Waals surface area contributed by atoms with E-state index in [0.29, 0.717) is 17.8 Å². The average molecular weight is 184 g/mol. The Morgan fingerprint density at radius 1 is 1.23 bits per heavy atom. The molecule has 0 spiro atoms. The summed E-state index contributed by atoms with van der Waals surface area (Å²) in [7, 11) is 0. The third-order valence-corrected chi connectivity index (χ3v) is 1.61. The first kappa shape index (κ1) is 10.0. The van der Waals surface area contributed by atoms with E-state index in [1.165, 1.54) is 12.4 Å². The highest BCUT2D eigenvalue weighted by Gasteiger charge is 2.07. The fourth-order valence-corrected chi connectivity index (χ4v) is 0.874. The van der Waals surface area contributed by atoms with Crippen LogP contribution in [0.25, 0.3) is 0 Å². The van der Waals surface area contributed by atoms with E-state index in [1.807, 2.05) is 0 Å². The lowest BCUT2D eigenvalue weighted by atomic mass is 10.2. The van der Waals surface area contributed by atoms with E-state index in [9.17, 15) is 0 Å². The van der Waals surface area contributed by atoms with Crippen molar-refractivity contribution in [2.24, 2.45) is 0 Å². The topological polar surface area (TPSA) is 86.5 Å². The third kappa shape index (κ3) is 2.73. The van der Waals surface area contributed by atoms with Crippen molar-refractivity contribution in [1.82, 2.24) is 9.97 Å². The van der Waals surface area contributed by atoms with Crippen LogP contribution < -0.4 is 0 Å². The van der Waals surface area contributed by atoms with Crippen molar-refractivity contribution >= 4 is 0 Å². The van der Waals surface area contributed by atoms with E-state index in [0.717, 1.165) is 0 Å². The van der Waals surface area contributed by atoms with Crippen LogP contribution in [-0.2, 0) is 6.42 Å². The third-order valence-electron chi connectivity index (χ3n) is 1.61. The number of hydrogen-bond donors (Lipinski definition) is 3. The molecule has 1 unspecified atom stereocenters. The van der Waals surface area contributed by atoms with Crippen LogP contribution in [0, 0.1) is 0 Å². The predicted octanol–water partition coefficient (Wildman–Crippen LogP) is -0.963. The first-order valence-electron chi connectivity index (χ1n) is 3.98. The van der Waals surface area contributed by atoms with Crippen LogP contribution in [0.2, 0.25) is 0 Å². The Balaban J connectivity index is 2.69. The monoisotopic (exact) mass is 184 g/mol. The standard InChI is InChI=1S/C8H12N2O3/c11-2-1-6-3-10-7(4-9-6)8(13)5-12/h3-4,8,11-13H,1-2,5H2. The second-order valence-corrected chi connectivity index (χ2v) is 2.60. The summed E-state index contributed by atoms with van der Waals surface area (Å²) in [6.45, 7) is -0.343. The molecular weight excluding hydrogens is 172 g/mol. The Hall–Kier alpha value is -1.04. The van der Waals surface area contributed by atoms with Crippen LogP contribution >= 0.6 is 0 Å². The molecule has 5 heteroatoms. The van der Waals surface area contributed by atoms with Gasteiger partial charge in [0.2, 0.25) is 0 Å². The smallest absolute Gasteiger partial charge is 0.120 e. The molecule has 0 aliphatic carbocycles. The zero-order valence-corrected chi connectivity index (χ0v) is 7.09. The van der Waals surface area contributed by atoms with Gasteiger partial charge in [-0.3, -0.25) is 9.97 Å². The van der Waals surface area contributed by atoms with Gasteiger partial charge in [-0.2, -0.15) is 0 Å². The van der Waals surface area contributed by atoms with Crippen molar-refractivity contribution in [3.05, 3.63) is 23.8 Å². The minimum Gasteiger partial charge on any atom is -0.396 e. The van der Waals surface area contributed by atoms with E-state index >= 15 is 0 Å². The number of aromatic nitrogens is 2. The molecule has 1 atom stereocenters. The van der Waals surface area contributed by atoms with Gasteiger partial charge in [-0.05, 0) is 0 Å². The quantitative estimate of drug-likeness (QED) is 0.561.